The van der Waals surface area contributed by atoms with Crippen molar-refractivity contribution in [3.8, 4) is 0 Å². The Bertz CT molecular complexity index is 282. The van der Waals surface area contributed by atoms with Crippen molar-refractivity contribution in [1.82, 2.24) is 5.32 Å². The molecule has 1 aliphatic heterocycles. The molecular weight excluding hydrogens is 204 g/mol. The van der Waals surface area contributed by atoms with Gasteiger partial charge in [0, 0.05) is 30.2 Å². The van der Waals surface area contributed by atoms with E-state index >= 15 is 0 Å². The van der Waals surface area contributed by atoms with E-state index in [-0.39, 0.29) is 0 Å². The van der Waals surface area contributed by atoms with Crippen LogP contribution < -0.4 is 10.2 Å². The van der Waals surface area contributed by atoms with Gasteiger partial charge in [-0.3, -0.25) is 0 Å². The van der Waals surface area contributed by atoms with Crippen molar-refractivity contribution in [1.29, 1.82) is 0 Å². The first-order valence-electron chi connectivity index (χ1n) is 5.76. The Morgan fingerprint density at radius 1 is 1.60 bits per heavy atom. The number of hydrogen-bond acceptors (Lipinski definition) is 3. The number of thiophene rings is 1. The monoisotopic (exact) mass is 224 g/mol. The molecule has 2 nitrogen and oxygen atoms in total. The van der Waals surface area contributed by atoms with E-state index in [1.54, 1.807) is 11.3 Å². The molecule has 15 heavy (non-hydrogen) atoms. The third-order valence-electron chi connectivity index (χ3n) is 2.97. The highest BCUT2D eigenvalue weighted by Gasteiger charge is 2.22. The zero-order valence-electron chi connectivity index (χ0n) is 9.57. The van der Waals surface area contributed by atoms with Crippen molar-refractivity contribution in [2.45, 2.75) is 26.3 Å². The standard InChI is InChI=1S/C12H20N2S/c1-10(2)13-7-11-3-5-14(8-11)12-4-6-15-9-12/h4,6,9-11,13H,3,5,7-8H2,1-2H3. The molecule has 1 aliphatic rings. The van der Waals surface area contributed by atoms with Crippen molar-refractivity contribution in [2.24, 2.45) is 5.92 Å². The maximum atomic E-state index is 3.53. The molecule has 0 spiro atoms. The second-order valence-corrected chi connectivity index (χ2v) is 5.43. The van der Waals surface area contributed by atoms with Crippen LogP contribution in [0.4, 0.5) is 5.69 Å². The Balaban J connectivity index is 1.80. The van der Waals surface area contributed by atoms with Crippen LogP contribution in [0.3, 0.4) is 0 Å². The van der Waals surface area contributed by atoms with Crippen LogP contribution in [0.5, 0.6) is 0 Å². The Kier molecular flexibility index (Phi) is 3.65. The summed E-state index contributed by atoms with van der Waals surface area (Å²) in [5.41, 5.74) is 1.41. The SMILES string of the molecule is CC(C)NCC1CCN(c2ccsc2)C1. The summed E-state index contributed by atoms with van der Waals surface area (Å²) in [7, 11) is 0. The van der Waals surface area contributed by atoms with Crippen molar-refractivity contribution in [3.05, 3.63) is 16.8 Å². The average molecular weight is 224 g/mol. The smallest absolute Gasteiger partial charge is 0.0474 e. The van der Waals surface area contributed by atoms with Gasteiger partial charge >= 0.3 is 0 Å². The van der Waals surface area contributed by atoms with Crippen LogP contribution >= 0.6 is 11.3 Å². The molecular formula is C12H20N2S. The minimum atomic E-state index is 0.611. The molecule has 2 rings (SSSR count). The summed E-state index contributed by atoms with van der Waals surface area (Å²) in [4.78, 5) is 2.50. The van der Waals surface area contributed by atoms with Crippen molar-refractivity contribution in [3.63, 3.8) is 0 Å². The third kappa shape index (κ3) is 2.95. The summed E-state index contributed by atoms with van der Waals surface area (Å²) in [5, 5.41) is 7.94. The molecule has 0 saturated carbocycles. The molecule has 0 aliphatic carbocycles. The predicted molar refractivity (Wildman–Crippen MR) is 67.8 cm³/mol. The van der Waals surface area contributed by atoms with Gasteiger partial charge in [0.25, 0.3) is 0 Å². The van der Waals surface area contributed by atoms with E-state index in [1.807, 2.05) is 0 Å². The molecule has 3 heteroatoms. The summed E-state index contributed by atoms with van der Waals surface area (Å²) in [6.45, 7) is 8.03. The molecule has 2 heterocycles. The zero-order valence-corrected chi connectivity index (χ0v) is 10.4. The lowest BCUT2D eigenvalue weighted by atomic mass is 10.1. The topological polar surface area (TPSA) is 15.3 Å². The average Bonchev–Trinajstić information content (AvgIpc) is 2.85. The fourth-order valence-electron chi connectivity index (χ4n) is 2.07. The maximum Gasteiger partial charge on any atom is 0.0474 e. The maximum absolute atomic E-state index is 3.53. The summed E-state index contributed by atoms with van der Waals surface area (Å²) >= 11 is 1.79. The molecule has 0 amide bonds. The van der Waals surface area contributed by atoms with Gasteiger partial charge in [-0.05, 0) is 30.3 Å². The Morgan fingerprint density at radius 3 is 3.13 bits per heavy atom. The molecule has 84 valence electrons. The molecule has 0 aromatic carbocycles. The van der Waals surface area contributed by atoms with Gasteiger partial charge < -0.3 is 10.2 Å². The molecule has 0 bridgehead atoms. The first-order valence-corrected chi connectivity index (χ1v) is 6.70. The van der Waals surface area contributed by atoms with Crippen LogP contribution in [0.1, 0.15) is 20.3 Å². The summed E-state index contributed by atoms with van der Waals surface area (Å²) in [6, 6.07) is 2.84. The lowest BCUT2D eigenvalue weighted by Gasteiger charge is -2.17. The van der Waals surface area contributed by atoms with E-state index in [0.717, 1.165) is 12.5 Å². The first kappa shape index (κ1) is 11.0. The van der Waals surface area contributed by atoms with Crippen molar-refractivity contribution < 1.29 is 0 Å². The number of nitrogens with one attached hydrogen (secondary N) is 1. The van der Waals surface area contributed by atoms with E-state index in [4.69, 9.17) is 0 Å². The van der Waals surface area contributed by atoms with Gasteiger partial charge in [0.2, 0.25) is 0 Å². The second kappa shape index (κ2) is 4.99. The highest BCUT2D eigenvalue weighted by atomic mass is 32.1. The molecule has 1 aromatic rings. The van der Waals surface area contributed by atoms with E-state index in [1.165, 1.54) is 25.2 Å². The quantitative estimate of drug-likeness (QED) is 0.845. The van der Waals surface area contributed by atoms with Crippen LogP contribution in [0.15, 0.2) is 16.8 Å². The van der Waals surface area contributed by atoms with Crippen LogP contribution in [-0.2, 0) is 0 Å². The largest absolute Gasteiger partial charge is 0.371 e. The van der Waals surface area contributed by atoms with E-state index in [2.05, 4.69) is 40.9 Å². The molecule has 1 fully saturated rings. The normalized spacial score (nSPS) is 21.5. The fraction of sp³-hybridized carbons (Fsp3) is 0.667. The zero-order chi connectivity index (χ0) is 10.7. The second-order valence-electron chi connectivity index (χ2n) is 4.65. The van der Waals surface area contributed by atoms with Gasteiger partial charge in [0.1, 0.15) is 0 Å². The minimum absolute atomic E-state index is 0.611. The summed E-state index contributed by atoms with van der Waals surface area (Å²) < 4.78 is 0. The van der Waals surface area contributed by atoms with E-state index in [9.17, 15) is 0 Å². The van der Waals surface area contributed by atoms with Gasteiger partial charge in [-0.2, -0.15) is 11.3 Å². The lowest BCUT2D eigenvalue weighted by Crippen LogP contribution is -2.30. The molecule has 1 aromatic heterocycles. The first-order chi connectivity index (χ1) is 7.25. The highest BCUT2D eigenvalue weighted by molar-refractivity contribution is 7.08. The summed E-state index contributed by atoms with van der Waals surface area (Å²) in [6.07, 6.45) is 1.33. The Labute approximate surface area is 96.3 Å². The van der Waals surface area contributed by atoms with Crippen molar-refractivity contribution >= 4 is 17.0 Å². The number of rotatable bonds is 4. The summed E-state index contributed by atoms with van der Waals surface area (Å²) in [5.74, 6) is 0.826. The molecule has 1 unspecified atom stereocenters. The number of hydrogen-bond donors (Lipinski definition) is 1. The van der Waals surface area contributed by atoms with Gasteiger partial charge in [-0.15, -0.1) is 0 Å². The Morgan fingerprint density at radius 2 is 2.47 bits per heavy atom. The minimum Gasteiger partial charge on any atom is -0.371 e. The highest BCUT2D eigenvalue weighted by Crippen LogP contribution is 2.25. The van der Waals surface area contributed by atoms with Gasteiger partial charge in [0.05, 0.1) is 0 Å². The van der Waals surface area contributed by atoms with E-state index < -0.39 is 0 Å². The Hall–Kier alpha value is -0.540. The van der Waals surface area contributed by atoms with Crippen LogP contribution in [0.25, 0.3) is 0 Å². The molecule has 1 atom stereocenters. The van der Waals surface area contributed by atoms with Crippen LogP contribution in [0, 0.1) is 5.92 Å². The van der Waals surface area contributed by atoms with Gasteiger partial charge in [-0.25, -0.2) is 0 Å². The van der Waals surface area contributed by atoms with Crippen LogP contribution in [-0.4, -0.2) is 25.7 Å². The fourth-order valence-corrected chi connectivity index (χ4v) is 2.74. The number of nitrogens with zero attached hydrogens (tertiary/aromatic N) is 1. The van der Waals surface area contributed by atoms with Gasteiger partial charge in [-0.1, -0.05) is 13.8 Å². The molecule has 1 N–H and O–H groups in total. The third-order valence-corrected chi connectivity index (χ3v) is 3.64. The number of anilines is 1. The van der Waals surface area contributed by atoms with Crippen LogP contribution in [0.2, 0.25) is 0 Å². The molecule has 1 saturated heterocycles. The van der Waals surface area contributed by atoms with Gasteiger partial charge in [0.15, 0.2) is 0 Å². The predicted octanol–water partition coefficient (Wildman–Crippen LogP) is 2.57. The lowest BCUT2D eigenvalue weighted by molar-refractivity contribution is 0.480. The van der Waals surface area contributed by atoms with Crippen molar-refractivity contribution in [2.75, 3.05) is 24.5 Å². The van der Waals surface area contributed by atoms with E-state index in [0.29, 0.717) is 6.04 Å². The molecule has 0 radical (unpaired) electrons.